The third-order valence-corrected chi connectivity index (χ3v) is 4.96. The van der Waals surface area contributed by atoms with Crippen molar-refractivity contribution in [2.75, 3.05) is 7.11 Å². The molecule has 3 rings (SSSR count). The highest BCUT2D eigenvalue weighted by atomic mass is 19.4. The van der Waals surface area contributed by atoms with E-state index in [1.165, 1.54) is 7.11 Å². The lowest BCUT2D eigenvalue weighted by Gasteiger charge is -2.17. The second-order valence-electron chi connectivity index (χ2n) is 8.13. The summed E-state index contributed by atoms with van der Waals surface area (Å²) in [6, 6.07) is 9.24. The van der Waals surface area contributed by atoms with Gasteiger partial charge in [-0.2, -0.15) is 13.2 Å². The van der Waals surface area contributed by atoms with Crippen molar-refractivity contribution in [2.45, 2.75) is 40.9 Å². The Bertz CT molecular complexity index is 1100. The lowest BCUT2D eigenvalue weighted by atomic mass is 9.91. The van der Waals surface area contributed by atoms with Crippen molar-refractivity contribution < 1.29 is 27.5 Å². The predicted molar refractivity (Wildman–Crippen MR) is 115 cm³/mol. The SMILES string of the molecule is C.COc1ccc2c(C(=O)c3ccc(C(F)(F)F)cc3)cn(CC(=O)C(C)(C)C)c2c1. The molecule has 31 heavy (non-hydrogen) atoms. The molecule has 0 aliphatic rings. The van der Waals surface area contributed by atoms with Gasteiger partial charge in [-0.25, -0.2) is 0 Å². The van der Waals surface area contributed by atoms with Gasteiger partial charge in [-0.3, -0.25) is 9.59 Å². The highest BCUT2D eigenvalue weighted by Gasteiger charge is 2.30. The summed E-state index contributed by atoms with van der Waals surface area (Å²) in [5.74, 6) is 0.134. The van der Waals surface area contributed by atoms with Gasteiger partial charge in [0.1, 0.15) is 5.75 Å². The fourth-order valence-corrected chi connectivity index (χ4v) is 3.07. The van der Waals surface area contributed by atoms with Gasteiger partial charge in [0, 0.05) is 34.2 Å². The number of nitrogens with zero attached hydrogens (tertiary/aromatic N) is 1. The molecule has 166 valence electrons. The van der Waals surface area contributed by atoms with Crippen LogP contribution in [0.25, 0.3) is 10.9 Å². The Kier molecular flexibility index (Phi) is 6.69. The van der Waals surface area contributed by atoms with Crippen molar-refractivity contribution in [3.8, 4) is 5.75 Å². The molecule has 0 bridgehead atoms. The first kappa shape index (κ1) is 24.2. The number of ketones is 2. The Hall–Kier alpha value is -3.09. The number of aromatic nitrogens is 1. The number of fused-ring (bicyclic) bond motifs is 1. The Morgan fingerprint density at radius 1 is 1.00 bits per heavy atom. The molecule has 0 unspecified atom stereocenters. The Labute approximate surface area is 179 Å². The second kappa shape index (κ2) is 8.57. The van der Waals surface area contributed by atoms with Gasteiger partial charge in [0.05, 0.1) is 24.7 Å². The number of ether oxygens (including phenoxy) is 1. The summed E-state index contributed by atoms with van der Waals surface area (Å²) in [7, 11) is 1.52. The summed E-state index contributed by atoms with van der Waals surface area (Å²) in [5, 5.41) is 0.599. The maximum Gasteiger partial charge on any atom is 0.416 e. The molecule has 0 N–H and O–H groups in total. The van der Waals surface area contributed by atoms with Gasteiger partial charge in [0.25, 0.3) is 0 Å². The zero-order chi connectivity index (χ0) is 22.3. The minimum absolute atomic E-state index is 0. The number of carbonyl (C=O) groups excluding carboxylic acids is 2. The van der Waals surface area contributed by atoms with Crippen molar-refractivity contribution in [3.63, 3.8) is 0 Å². The van der Waals surface area contributed by atoms with E-state index in [1.807, 2.05) is 20.8 Å². The molecule has 0 fully saturated rings. The second-order valence-corrected chi connectivity index (χ2v) is 8.13. The topological polar surface area (TPSA) is 48.3 Å². The standard InChI is InChI=1S/C23H22F3NO3.CH4/c1-22(2,3)20(28)13-27-12-18(17-10-9-16(30-4)11-19(17)27)21(29)14-5-7-15(8-6-14)23(24,25)26;/h5-12H,13H2,1-4H3;1H4. The molecule has 0 saturated heterocycles. The van der Waals surface area contributed by atoms with Gasteiger partial charge in [-0.15, -0.1) is 0 Å². The third kappa shape index (κ3) is 4.98. The van der Waals surface area contributed by atoms with E-state index in [-0.39, 0.29) is 25.3 Å². The number of rotatable bonds is 5. The first-order valence-corrected chi connectivity index (χ1v) is 9.34. The van der Waals surface area contributed by atoms with Crippen molar-refractivity contribution in [1.29, 1.82) is 0 Å². The monoisotopic (exact) mass is 433 g/mol. The van der Waals surface area contributed by atoms with E-state index < -0.39 is 22.9 Å². The summed E-state index contributed by atoms with van der Waals surface area (Å²) in [6.07, 6.45) is -2.89. The van der Waals surface area contributed by atoms with Crippen LogP contribution in [-0.2, 0) is 17.5 Å². The quantitative estimate of drug-likeness (QED) is 0.454. The lowest BCUT2D eigenvalue weighted by molar-refractivity contribution is -0.137. The molecular formula is C24H26F3NO3. The van der Waals surface area contributed by atoms with Crippen LogP contribution in [0.2, 0.25) is 0 Å². The van der Waals surface area contributed by atoms with Crippen LogP contribution in [0, 0.1) is 5.41 Å². The number of benzene rings is 2. The Morgan fingerprint density at radius 2 is 1.61 bits per heavy atom. The van der Waals surface area contributed by atoms with E-state index in [1.54, 1.807) is 29.0 Å². The fraction of sp³-hybridized carbons (Fsp3) is 0.333. The van der Waals surface area contributed by atoms with Crippen LogP contribution in [0.4, 0.5) is 13.2 Å². The molecule has 0 aliphatic heterocycles. The van der Waals surface area contributed by atoms with Crippen LogP contribution < -0.4 is 4.74 Å². The molecular weight excluding hydrogens is 407 g/mol. The smallest absolute Gasteiger partial charge is 0.416 e. The minimum Gasteiger partial charge on any atom is -0.497 e. The lowest BCUT2D eigenvalue weighted by Crippen LogP contribution is -2.24. The maximum absolute atomic E-state index is 13.1. The third-order valence-electron chi connectivity index (χ3n) is 4.96. The van der Waals surface area contributed by atoms with Gasteiger partial charge in [0.15, 0.2) is 11.6 Å². The van der Waals surface area contributed by atoms with Gasteiger partial charge in [0.2, 0.25) is 0 Å². The normalized spacial score (nSPS) is 11.8. The number of hydrogen-bond donors (Lipinski definition) is 0. The van der Waals surface area contributed by atoms with Crippen molar-refractivity contribution >= 4 is 22.5 Å². The van der Waals surface area contributed by atoms with Crippen LogP contribution in [0.15, 0.2) is 48.7 Å². The molecule has 1 heterocycles. The number of carbonyl (C=O) groups is 2. The number of halogens is 3. The molecule has 3 aromatic rings. The van der Waals surface area contributed by atoms with Crippen LogP contribution in [0.3, 0.4) is 0 Å². The van der Waals surface area contributed by atoms with Gasteiger partial charge in [-0.05, 0) is 24.3 Å². The van der Waals surface area contributed by atoms with Gasteiger partial charge >= 0.3 is 6.18 Å². The van der Waals surface area contributed by atoms with Crippen LogP contribution in [0.5, 0.6) is 5.75 Å². The molecule has 0 aliphatic carbocycles. The highest BCUT2D eigenvalue weighted by Crippen LogP contribution is 2.31. The Balaban J connectivity index is 0.00000341. The van der Waals surface area contributed by atoms with E-state index in [2.05, 4.69) is 0 Å². The maximum atomic E-state index is 13.1. The average molecular weight is 433 g/mol. The van der Waals surface area contributed by atoms with E-state index in [0.717, 1.165) is 24.3 Å². The van der Waals surface area contributed by atoms with Crippen LogP contribution in [0.1, 0.15) is 49.7 Å². The molecule has 0 radical (unpaired) electrons. The van der Waals surface area contributed by atoms with E-state index in [0.29, 0.717) is 22.2 Å². The first-order chi connectivity index (χ1) is 13.9. The summed E-state index contributed by atoms with van der Waals surface area (Å²) < 4.78 is 45.4. The minimum atomic E-state index is -4.47. The largest absolute Gasteiger partial charge is 0.497 e. The molecule has 7 heteroatoms. The molecule has 0 saturated carbocycles. The number of alkyl halides is 3. The molecule has 0 amide bonds. The summed E-state index contributed by atoms with van der Waals surface area (Å²) in [4.78, 5) is 25.6. The fourth-order valence-electron chi connectivity index (χ4n) is 3.07. The average Bonchev–Trinajstić information content (AvgIpc) is 3.03. The Morgan fingerprint density at radius 3 is 2.13 bits per heavy atom. The van der Waals surface area contributed by atoms with Crippen molar-refractivity contribution in [1.82, 2.24) is 4.57 Å². The zero-order valence-electron chi connectivity index (χ0n) is 17.1. The number of methoxy groups -OCH3 is 1. The molecule has 2 aromatic carbocycles. The number of hydrogen-bond acceptors (Lipinski definition) is 3. The van der Waals surface area contributed by atoms with E-state index in [4.69, 9.17) is 4.74 Å². The van der Waals surface area contributed by atoms with Crippen molar-refractivity contribution in [3.05, 3.63) is 65.4 Å². The summed E-state index contributed by atoms with van der Waals surface area (Å²) in [5.41, 5.74) is -0.286. The zero-order valence-corrected chi connectivity index (χ0v) is 17.1. The van der Waals surface area contributed by atoms with Gasteiger partial charge < -0.3 is 9.30 Å². The van der Waals surface area contributed by atoms with E-state index >= 15 is 0 Å². The number of Topliss-reactive ketones (excluding diaryl/α,β-unsaturated/α-hetero) is 1. The van der Waals surface area contributed by atoms with E-state index in [9.17, 15) is 22.8 Å². The predicted octanol–water partition coefficient (Wildman–Crippen LogP) is 6.15. The molecule has 0 atom stereocenters. The van der Waals surface area contributed by atoms with Crippen LogP contribution >= 0.6 is 0 Å². The molecule has 4 nitrogen and oxygen atoms in total. The van der Waals surface area contributed by atoms with Gasteiger partial charge in [-0.1, -0.05) is 40.3 Å². The first-order valence-electron chi connectivity index (χ1n) is 9.34. The highest BCUT2D eigenvalue weighted by molar-refractivity contribution is 6.16. The van der Waals surface area contributed by atoms with Crippen molar-refractivity contribution in [2.24, 2.45) is 5.41 Å². The summed E-state index contributed by atoms with van der Waals surface area (Å²) >= 11 is 0. The van der Waals surface area contributed by atoms with Crippen LogP contribution in [-0.4, -0.2) is 23.2 Å². The summed E-state index contributed by atoms with van der Waals surface area (Å²) in [6.45, 7) is 5.51. The molecule has 1 aromatic heterocycles. The molecule has 0 spiro atoms.